The van der Waals surface area contributed by atoms with Crippen LogP contribution in [0, 0.1) is 13.8 Å². The van der Waals surface area contributed by atoms with Crippen LogP contribution in [0.15, 0.2) is 17.5 Å². The van der Waals surface area contributed by atoms with E-state index in [2.05, 4.69) is 18.4 Å². The Labute approximate surface area is 92.2 Å². The summed E-state index contributed by atoms with van der Waals surface area (Å²) in [5.74, 6) is -0.772. The maximum atomic E-state index is 10.7. The Hall–Kier alpha value is -1.35. The number of hydrogen-bond acceptors (Lipinski definition) is 2. The fourth-order valence-corrected chi connectivity index (χ4v) is 2.69. The average Bonchev–Trinajstić information content (AvgIpc) is 2.48. The summed E-state index contributed by atoms with van der Waals surface area (Å²) in [5.41, 5.74) is 3.24. The average molecular weight is 220 g/mol. The summed E-state index contributed by atoms with van der Waals surface area (Å²) >= 11 is 1.67. The van der Waals surface area contributed by atoms with Crippen molar-refractivity contribution in [3.8, 4) is 0 Å². The number of carbonyl (C=O) groups is 1. The molecule has 0 saturated heterocycles. The number of hydrogen-bond donors (Lipinski definition) is 1. The highest BCUT2D eigenvalue weighted by atomic mass is 32.1. The van der Waals surface area contributed by atoms with Crippen LogP contribution in [0.3, 0.4) is 0 Å². The van der Waals surface area contributed by atoms with Crippen LogP contribution >= 0.6 is 11.3 Å². The Morgan fingerprint density at radius 2 is 2.07 bits per heavy atom. The molecule has 0 bridgehead atoms. The number of rotatable bonds is 2. The van der Waals surface area contributed by atoms with E-state index in [-0.39, 0.29) is 6.42 Å². The Balaban J connectivity index is 2.57. The fraction of sp³-hybridized carbons (Fsp3) is 0.250. The van der Waals surface area contributed by atoms with Gasteiger partial charge in [-0.15, -0.1) is 11.3 Å². The topological polar surface area (TPSA) is 37.3 Å². The van der Waals surface area contributed by atoms with Crippen molar-refractivity contribution < 1.29 is 9.90 Å². The first-order valence-corrected chi connectivity index (χ1v) is 5.65. The van der Waals surface area contributed by atoms with Gasteiger partial charge in [0.1, 0.15) is 0 Å². The number of fused-ring (bicyclic) bond motifs is 1. The first-order valence-electron chi connectivity index (χ1n) is 4.77. The van der Waals surface area contributed by atoms with Crippen molar-refractivity contribution in [1.29, 1.82) is 0 Å². The van der Waals surface area contributed by atoms with Gasteiger partial charge >= 0.3 is 5.97 Å². The third kappa shape index (κ3) is 1.88. The normalized spacial score (nSPS) is 10.8. The highest BCUT2D eigenvalue weighted by Gasteiger charge is 2.08. The zero-order valence-corrected chi connectivity index (χ0v) is 9.52. The van der Waals surface area contributed by atoms with E-state index in [1.165, 1.54) is 15.6 Å². The van der Waals surface area contributed by atoms with Crippen molar-refractivity contribution in [2.45, 2.75) is 20.3 Å². The first-order chi connectivity index (χ1) is 7.08. The van der Waals surface area contributed by atoms with Gasteiger partial charge in [-0.2, -0.15) is 0 Å². The summed E-state index contributed by atoms with van der Waals surface area (Å²) in [5, 5.41) is 12.1. The minimum Gasteiger partial charge on any atom is -0.481 e. The van der Waals surface area contributed by atoms with Gasteiger partial charge in [0.2, 0.25) is 0 Å². The smallest absolute Gasteiger partial charge is 0.307 e. The summed E-state index contributed by atoms with van der Waals surface area (Å²) < 4.78 is 1.18. The number of aliphatic carboxylic acids is 1. The van der Waals surface area contributed by atoms with Gasteiger partial charge in [0.15, 0.2) is 0 Å². The molecule has 0 aliphatic carbocycles. The second-order valence-electron chi connectivity index (χ2n) is 3.76. The van der Waals surface area contributed by atoms with E-state index >= 15 is 0 Å². The summed E-state index contributed by atoms with van der Waals surface area (Å²) in [6, 6.07) is 4.08. The monoisotopic (exact) mass is 220 g/mol. The van der Waals surface area contributed by atoms with E-state index in [1.54, 1.807) is 11.3 Å². The molecule has 2 aromatic rings. The van der Waals surface area contributed by atoms with Gasteiger partial charge in [-0.1, -0.05) is 6.07 Å². The van der Waals surface area contributed by atoms with Crippen molar-refractivity contribution >= 4 is 27.4 Å². The Kier molecular flexibility index (Phi) is 2.49. The fourth-order valence-electron chi connectivity index (χ4n) is 1.70. The molecule has 0 aliphatic heterocycles. The molecule has 1 aromatic carbocycles. The standard InChI is InChI=1S/C12H12O2S/c1-7-3-10-8(2)6-15-11(10)4-9(7)5-12(13)14/h3-4,6H,5H2,1-2H3,(H,13,14). The molecule has 0 atom stereocenters. The van der Waals surface area contributed by atoms with Crippen LogP contribution in [0.2, 0.25) is 0 Å². The lowest BCUT2D eigenvalue weighted by atomic mass is 10.0. The van der Waals surface area contributed by atoms with Crippen molar-refractivity contribution in [3.63, 3.8) is 0 Å². The maximum Gasteiger partial charge on any atom is 0.307 e. The molecule has 15 heavy (non-hydrogen) atoms. The Bertz CT molecular complexity index is 526. The molecule has 0 saturated carbocycles. The molecule has 0 fully saturated rings. The van der Waals surface area contributed by atoms with Crippen LogP contribution in [-0.4, -0.2) is 11.1 Å². The second kappa shape index (κ2) is 3.66. The van der Waals surface area contributed by atoms with Gasteiger partial charge < -0.3 is 5.11 Å². The first kappa shape index (κ1) is 10.2. The van der Waals surface area contributed by atoms with E-state index in [0.29, 0.717) is 0 Å². The molecule has 0 unspecified atom stereocenters. The van der Waals surface area contributed by atoms with Crippen LogP contribution < -0.4 is 0 Å². The molecule has 2 rings (SSSR count). The molecule has 1 heterocycles. The lowest BCUT2D eigenvalue weighted by Crippen LogP contribution is -2.01. The van der Waals surface area contributed by atoms with Crippen LogP contribution in [-0.2, 0) is 11.2 Å². The quantitative estimate of drug-likeness (QED) is 0.844. The number of benzene rings is 1. The summed E-state index contributed by atoms with van der Waals surface area (Å²) in [6.45, 7) is 4.05. The van der Waals surface area contributed by atoms with Gasteiger partial charge in [-0.05, 0) is 47.4 Å². The molecule has 78 valence electrons. The Morgan fingerprint density at radius 1 is 1.33 bits per heavy atom. The highest BCUT2D eigenvalue weighted by molar-refractivity contribution is 7.17. The van der Waals surface area contributed by atoms with Crippen LogP contribution in [0.5, 0.6) is 0 Å². The molecular weight excluding hydrogens is 208 g/mol. The van der Waals surface area contributed by atoms with E-state index in [1.807, 2.05) is 13.0 Å². The van der Waals surface area contributed by atoms with E-state index in [0.717, 1.165) is 11.1 Å². The van der Waals surface area contributed by atoms with Gasteiger partial charge in [0.05, 0.1) is 6.42 Å². The summed E-state index contributed by atoms with van der Waals surface area (Å²) in [6.07, 6.45) is 0.110. The molecule has 0 spiro atoms. The number of carboxylic acids is 1. The molecule has 0 amide bonds. The third-order valence-electron chi connectivity index (χ3n) is 2.57. The van der Waals surface area contributed by atoms with Crippen LogP contribution in [0.4, 0.5) is 0 Å². The van der Waals surface area contributed by atoms with Crippen molar-refractivity contribution in [1.82, 2.24) is 0 Å². The maximum absolute atomic E-state index is 10.7. The molecular formula is C12H12O2S. The van der Waals surface area contributed by atoms with E-state index in [4.69, 9.17) is 5.11 Å². The second-order valence-corrected chi connectivity index (χ2v) is 4.68. The minimum absolute atomic E-state index is 0.110. The zero-order valence-electron chi connectivity index (χ0n) is 8.70. The number of thiophene rings is 1. The predicted molar refractivity (Wildman–Crippen MR) is 62.6 cm³/mol. The summed E-state index contributed by atoms with van der Waals surface area (Å²) in [4.78, 5) is 10.7. The lowest BCUT2D eigenvalue weighted by molar-refractivity contribution is -0.136. The van der Waals surface area contributed by atoms with Gasteiger partial charge in [-0.25, -0.2) is 0 Å². The van der Waals surface area contributed by atoms with Gasteiger partial charge in [0, 0.05) is 4.70 Å². The predicted octanol–water partition coefficient (Wildman–Crippen LogP) is 3.15. The highest BCUT2D eigenvalue weighted by Crippen LogP contribution is 2.28. The van der Waals surface area contributed by atoms with Gasteiger partial charge in [-0.3, -0.25) is 4.79 Å². The Morgan fingerprint density at radius 3 is 2.73 bits per heavy atom. The van der Waals surface area contributed by atoms with E-state index in [9.17, 15) is 4.79 Å². The zero-order chi connectivity index (χ0) is 11.0. The van der Waals surface area contributed by atoms with Gasteiger partial charge in [0.25, 0.3) is 0 Å². The van der Waals surface area contributed by atoms with Crippen molar-refractivity contribution in [3.05, 3.63) is 34.2 Å². The lowest BCUT2D eigenvalue weighted by Gasteiger charge is -2.03. The molecule has 0 aliphatic rings. The summed E-state index contributed by atoms with van der Waals surface area (Å²) in [7, 11) is 0. The molecule has 1 N–H and O–H groups in total. The number of carboxylic acid groups (broad SMARTS) is 1. The third-order valence-corrected chi connectivity index (χ3v) is 3.63. The van der Waals surface area contributed by atoms with Crippen LogP contribution in [0.25, 0.3) is 10.1 Å². The molecule has 3 heteroatoms. The SMILES string of the molecule is Cc1cc2c(C)csc2cc1CC(=O)O. The van der Waals surface area contributed by atoms with Crippen LogP contribution in [0.1, 0.15) is 16.7 Å². The minimum atomic E-state index is -0.772. The van der Waals surface area contributed by atoms with E-state index < -0.39 is 5.97 Å². The largest absolute Gasteiger partial charge is 0.481 e. The van der Waals surface area contributed by atoms with Crippen molar-refractivity contribution in [2.24, 2.45) is 0 Å². The molecule has 2 nitrogen and oxygen atoms in total. The molecule has 1 aromatic heterocycles. The molecule has 0 radical (unpaired) electrons. The van der Waals surface area contributed by atoms with Crippen molar-refractivity contribution in [2.75, 3.05) is 0 Å². The number of aryl methyl sites for hydroxylation is 2.